The van der Waals surface area contributed by atoms with E-state index in [1.165, 1.54) is 12.1 Å². The van der Waals surface area contributed by atoms with Gasteiger partial charge in [0.2, 0.25) is 5.91 Å². The van der Waals surface area contributed by atoms with Crippen molar-refractivity contribution in [2.24, 2.45) is 0 Å². The molecular formula is C14H19FN2O3S. The third-order valence-corrected chi connectivity index (χ3v) is 4.72. The molecule has 1 aromatic rings. The van der Waals surface area contributed by atoms with E-state index in [-0.39, 0.29) is 22.9 Å². The summed E-state index contributed by atoms with van der Waals surface area (Å²) in [7, 11) is -3.58. The summed E-state index contributed by atoms with van der Waals surface area (Å²) in [6.45, 7) is 2.56. The molecule has 5 nitrogen and oxygen atoms in total. The Morgan fingerprint density at radius 3 is 2.71 bits per heavy atom. The molecular weight excluding hydrogens is 295 g/mol. The SMILES string of the molecule is CC(NC(=O)C1CCCN1)c1ccc(S(C)(=O)=O)c(F)c1. The van der Waals surface area contributed by atoms with Gasteiger partial charge < -0.3 is 10.6 Å². The highest BCUT2D eigenvalue weighted by Gasteiger charge is 2.24. The van der Waals surface area contributed by atoms with Crippen LogP contribution >= 0.6 is 0 Å². The van der Waals surface area contributed by atoms with Crippen molar-refractivity contribution >= 4 is 15.7 Å². The Balaban J connectivity index is 2.11. The minimum Gasteiger partial charge on any atom is -0.348 e. The first-order chi connectivity index (χ1) is 9.79. The van der Waals surface area contributed by atoms with E-state index in [0.717, 1.165) is 31.7 Å². The molecule has 0 spiro atoms. The molecule has 7 heteroatoms. The lowest BCUT2D eigenvalue weighted by Gasteiger charge is -2.18. The molecule has 116 valence electrons. The van der Waals surface area contributed by atoms with Gasteiger partial charge in [0.05, 0.1) is 12.1 Å². The molecule has 21 heavy (non-hydrogen) atoms. The molecule has 0 saturated carbocycles. The van der Waals surface area contributed by atoms with E-state index in [4.69, 9.17) is 0 Å². The van der Waals surface area contributed by atoms with Crippen LogP contribution in [0.1, 0.15) is 31.4 Å². The number of rotatable bonds is 4. The van der Waals surface area contributed by atoms with Gasteiger partial charge in [0.15, 0.2) is 9.84 Å². The summed E-state index contributed by atoms with van der Waals surface area (Å²) in [5.41, 5.74) is 0.534. The van der Waals surface area contributed by atoms with Gasteiger partial charge in [-0.05, 0) is 44.0 Å². The van der Waals surface area contributed by atoms with Crippen molar-refractivity contribution in [3.05, 3.63) is 29.6 Å². The van der Waals surface area contributed by atoms with Gasteiger partial charge in [-0.3, -0.25) is 4.79 Å². The third kappa shape index (κ3) is 3.79. The zero-order chi connectivity index (χ0) is 15.6. The van der Waals surface area contributed by atoms with Gasteiger partial charge in [0.25, 0.3) is 0 Å². The van der Waals surface area contributed by atoms with E-state index in [2.05, 4.69) is 10.6 Å². The van der Waals surface area contributed by atoms with Crippen LogP contribution in [0.25, 0.3) is 0 Å². The van der Waals surface area contributed by atoms with Crippen LogP contribution in [0.2, 0.25) is 0 Å². The number of carbonyl (C=O) groups is 1. The molecule has 0 bridgehead atoms. The molecule has 2 atom stereocenters. The van der Waals surface area contributed by atoms with Crippen LogP contribution in [-0.2, 0) is 14.6 Å². The Kier molecular flexibility index (Phi) is 4.63. The van der Waals surface area contributed by atoms with Gasteiger partial charge in [0.1, 0.15) is 10.7 Å². The number of nitrogens with one attached hydrogen (secondary N) is 2. The quantitative estimate of drug-likeness (QED) is 0.874. The highest BCUT2D eigenvalue weighted by molar-refractivity contribution is 7.90. The zero-order valence-electron chi connectivity index (χ0n) is 12.0. The van der Waals surface area contributed by atoms with Gasteiger partial charge in [-0.1, -0.05) is 6.07 Å². The van der Waals surface area contributed by atoms with E-state index in [9.17, 15) is 17.6 Å². The maximum atomic E-state index is 13.8. The van der Waals surface area contributed by atoms with Crippen molar-refractivity contribution in [2.75, 3.05) is 12.8 Å². The minimum atomic E-state index is -3.58. The topological polar surface area (TPSA) is 75.3 Å². The van der Waals surface area contributed by atoms with Crippen LogP contribution in [0.4, 0.5) is 4.39 Å². The smallest absolute Gasteiger partial charge is 0.237 e. The molecule has 0 aromatic heterocycles. The second-order valence-corrected chi connectivity index (χ2v) is 7.33. The van der Waals surface area contributed by atoms with E-state index in [0.29, 0.717) is 5.56 Å². The summed E-state index contributed by atoms with van der Waals surface area (Å²) in [5, 5.41) is 5.89. The average Bonchev–Trinajstić information content (AvgIpc) is 2.90. The van der Waals surface area contributed by atoms with Crippen LogP contribution in [0.3, 0.4) is 0 Å². The van der Waals surface area contributed by atoms with Crippen molar-refractivity contribution in [3.8, 4) is 0 Å². The molecule has 1 heterocycles. The largest absolute Gasteiger partial charge is 0.348 e. The van der Waals surface area contributed by atoms with E-state index >= 15 is 0 Å². The summed E-state index contributed by atoms with van der Waals surface area (Å²) in [5.74, 6) is -0.914. The number of sulfone groups is 1. The molecule has 1 aliphatic heterocycles. The van der Waals surface area contributed by atoms with Crippen molar-refractivity contribution in [2.45, 2.75) is 36.7 Å². The number of amides is 1. The summed E-state index contributed by atoms with van der Waals surface area (Å²) in [6.07, 6.45) is 2.71. The van der Waals surface area contributed by atoms with Crippen LogP contribution in [-0.4, -0.2) is 33.2 Å². The maximum Gasteiger partial charge on any atom is 0.237 e. The molecule has 2 N–H and O–H groups in total. The summed E-state index contributed by atoms with van der Waals surface area (Å²) < 4.78 is 36.6. The predicted octanol–water partition coefficient (Wildman–Crippen LogP) is 1.16. The fourth-order valence-electron chi connectivity index (χ4n) is 2.39. The molecule has 1 fully saturated rings. The van der Waals surface area contributed by atoms with Crippen molar-refractivity contribution in [1.82, 2.24) is 10.6 Å². The fourth-order valence-corrected chi connectivity index (χ4v) is 3.12. The number of benzene rings is 1. The first-order valence-corrected chi connectivity index (χ1v) is 8.71. The third-order valence-electron chi connectivity index (χ3n) is 3.59. The van der Waals surface area contributed by atoms with Gasteiger partial charge >= 0.3 is 0 Å². The second kappa shape index (κ2) is 6.11. The fraction of sp³-hybridized carbons (Fsp3) is 0.500. The lowest BCUT2D eigenvalue weighted by atomic mass is 10.1. The van der Waals surface area contributed by atoms with Crippen molar-refractivity contribution in [1.29, 1.82) is 0 Å². The molecule has 1 aromatic carbocycles. The molecule has 2 unspecified atom stereocenters. The van der Waals surface area contributed by atoms with E-state index in [1.807, 2.05) is 0 Å². The normalized spacial score (nSPS) is 20.2. The van der Waals surface area contributed by atoms with Crippen molar-refractivity contribution in [3.63, 3.8) is 0 Å². The monoisotopic (exact) mass is 314 g/mol. The summed E-state index contributed by atoms with van der Waals surface area (Å²) in [4.78, 5) is 11.6. The van der Waals surface area contributed by atoms with Gasteiger partial charge in [-0.15, -0.1) is 0 Å². The highest BCUT2D eigenvalue weighted by atomic mass is 32.2. The Morgan fingerprint density at radius 2 is 2.19 bits per heavy atom. The Bertz CT molecular complexity index is 640. The van der Waals surface area contributed by atoms with E-state index < -0.39 is 15.7 Å². The molecule has 2 rings (SSSR count). The predicted molar refractivity (Wildman–Crippen MR) is 77.1 cm³/mol. The van der Waals surface area contributed by atoms with Crippen LogP contribution in [0, 0.1) is 5.82 Å². The van der Waals surface area contributed by atoms with Crippen LogP contribution < -0.4 is 10.6 Å². The zero-order valence-corrected chi connectivity index (χ0v) is 12.8. The van der Waals surface area contributed by atoms with E-state index in [1.54, 1.807) is 6.92 Å². The number of hydrogen-bond donors (Lipinski definition) is 2. The average molecular weight is 314 g/mol. The molecule has 1 saturated heterocycles. The Hall–Kier alpha value is -1.47. The molecule has 1 aliphatic rings. The lowest BCUT2D eigenvalue weighted by molar-refractivity contribution is -0.123. The summed E-state index contributed by atoms with van der Waals surface area (Å²) >= 11 is 0. The van der Waals surface area contributed by atoms with Gasteiger partial charge in [-0.2, -0.15) is 0 Å². The number of halogens is 1. The number of hydrogen-bond acceptors (Lipinski definition) is 4. The Morgan fingerprint density at radius 1 is 1.48 bits per heavy atom. The Labute approximate surface area is 123 Å². The van der Waals surface area contributed by atoms with Gasteiger partial charge in [0, 0.05) is 6.26 Å². The van der Waals surface area contributed by atoms with Gasteiger partial charge in [-0.25, -0.2) is 12.8 Å². The minimum absolute atomic E-state index is 0.118. The maximum absolute atomic E-state index is 13.8. The molecule has 0 aliphatic carbocycles. The lowest BCUT2D eigenvalue weighted by Crippen LogP contribution is -2.41. The first kappa shape index (κ1) is 15.9. The first-order valence-electron chi connectivity index (χ1n) is 6.82. The number of carbonyl (C=O) groups excluding carboxylic acids is 1. The molecule has 0 radical (unpaired) electrons. The highest BCUT2D eigenvalue weighted by Crippen LogP contribution is 2.20. The van der Waals surface area contributed by atoms with Crippen LogP contribution in [0.5, 0.6) is 0 Å². The van der Waals surface area contributed by atoms with Crippen molar-refractivity contribution < 1.29 is 17.6 Å². The summed E-state index contributed by atoms with van der Waals surface area (Å²) in [6, 6.07) is 3.32. The standard InChI is InChI=1S/C14H19FN2O3S/c1-9(17-14(18)12-4-3-7-16-12)10-5-6-13(11(15)8-10)21(2,19)20/h5-6,8-9,12,16H,3-4,7H2,1-2H3,(H,17,18). The molecule has 1 amide bonds. The second-order valence-electron chi connectivity index (χ2n) is 5.34. The van der Waals surface area contributed by atoms with Crippen LogP contribution in [0.15, 0.2) is 23.1 Å².